The van der Waals surface area contributed by atoms with Crippen molar-refractivity contribution in [1.82, 2.24) is 5.32 Å². The van der Waals surface area contributed by atoms with E-state index in [0.717, 1.165) is 23.3 Å². The zero-order chi connectivity index (χ0) is 15.6. The number of hydrogen-bond acceptors (Lipinski definition) is 3. The summed E-state index contributed by atoms with van der Waals surface area (Å²) in [6, 6.07) is 7.22. The molecule has 1 fully saturated rings. The molecule has 0 heterocycles. The Morgan fingerprint density at radius 2 is 2.00 bits per heavy atom. The van der Waals surface area contributed by atoms with Gasteiger partial charge >= 0.3 is 0 Å². The quantitative estimate of drug-likeness (QED) is 0.580. The van der Waals surface area contributed by atoms with E-state index in [1.165, 1.54) is 32.1 Å². The fraction of sp³-hybridized carbons (Fsp3) is 0.500. The van der Waals surface area contributed by atoms with Gasteiger partial charge in [-0.25, -0.2) is 0 Å². The maximum absolute atomic E-state index is 12.0. The first kappa shape index (κ1) is 16.9. The summed E-state index contributed by atoms with van der Waals surface area (Å²) >= 11 is 2.00. The van der Waals surface area contributed by atoms with Crippen LogP contribution in [0.25, 0.3) is 0 Å². The predicted octanol–water partition coefficient (Wildman–Crippen LogP) is 4.05. The molecule has 0 unspecified atom stereocenters. The number of benzene rings is 1. The van der Waals surface area contributed by atoms with Gasteiger partial charge in [0.1, 0.15) is 12.4 Å². The lowest BCUT2D eigenvalue weighted by Crippen LogP contribution is -2.26. The third-order valence-electron chi connectivity index (χ3n) is 3.78. The van der Waals surface area contributed by atoms with Crippen LogP contribution in [0.3, 0.4) is 0 Å². The van der Waals surface area contributed by atoms with Gasteiger partial charge in [-0.15, -0.1) is 0 Å². The standard InChI is InChI=1S/C18H25NO2S/c1-2-13-21-16-10-8-15(9-11-16)18(20)19-12-14-22-17-6-4-3-5-7-17/h2,8-11,17H,1,3-7,12-14H2,(H,19,20). The molecule has 1 aromatic rings. The number of carbonyl (C=O) groups is 1. The summed E-state index contributed by atoms with van der Waals surface area (Å²) < 4.78 is 5.40. The lowest BCUT2D eigenvalue weighted by atomic mass is 10.0. The predicted molar refractivity (Wildman–Crippen MR) is 93.8 cm³/mol. The van der Waals surface area contributed by atoms with Crippen LogP contribution in [-0.2, 0) is 0 Å². The highest BCUT2D eigenvalue weighted by molar-refractivity contribution is 7.99. The molecule has 120 valence electrons. The number of hydrogen-bond donors (Lipinski definition) is 1. The van der Waals surface area contributed by atoms with Crippen molar-refractivity contribution in [3.63, 3.8) is 0 Å². The number of nitrogens with one attached hydrogen (secondary N) is 1. The van der Waals surface area contributed by atoms with E-state index in [-0.39, 0.29) is 5.91 Å². The molecule has 1 saturated carbocycles. The Kier molecular flexibility index (Phi) is 7.37. The summed E-state index contributed by atoms with van der Waals surface area (Å²) in [5.41, 5.74) is 0.675. The van der Waals surface area contributed by atoms with Crippen LogP contribution in [0.5, 0.6) is 5.75 Å². The zero-order valence-electron chi connectivity index (χ0n) is 13.1. The van der Waals surface area contributed by atoms with Crippen molar-refractivity contribution < 1.29 is 9.53 Å². The van der Waals surface area contributed by atoms with Gasteiger partial charge in [-0.2, -0.15) is 11.8 Å². The van der Waals surface area contributed by atoms with Crippen LogP contribution in [0.15, 0.2) is 36.9 Å². The molecule has 0 spiro atoms. The Hall–Kier alpha value is -1.42. The van der Waals surface area contributed by atoms with Gasteiger partial charge in [0, 0.05) is 23.1 Å². The molecule has 2 rings (SSSR count). The van der Waals surface area contributed by atoms with Crippen LogP contribution in [0.2, 0.25) is 0 Å². The average Bonchev–Trinajstić information content (AvgIpc) is 2.58. The van der Waals surface area contributed by atoms with E-state index < -0.39 is 0 Å². The van der Waals surface area contributed by atoms with Crippen LogP contribution >= 0.6 is 11.8 Å². The van der Waals surface area contributed by atoms with E-state index >= 15 is 0 Å². The van der Waals surface area contributed by atoms with Crippen molar-refractivity contribution >= 4 is 17.7 Å². The number of thioether (sulfide) groups is 1. The number of carbonyl (C=O) groups excluding carboxylic acids is 1. The molecule has 4 heteroatoms. The second kappa shape index (κ2) is 9.57. The molecule has 1 amide bonds. The fourth-order valence-electron chi connectivity index (χ4n) is 2.58. The third-order valence-corrected chi connectivity index (χ3v) is 5.16. The van der Waals surface area contributed by atoms with Crippen molar-refractivity contribution in [1.29, 1.82) is 0 Å². The molecule has 1 aliphatic rings. The normalized spacial score (nSPS) is 15.3. The first-order chi connectivity index (χ1) is 10.8. The number of ether oxygens (including phenoxy) is 1. The first-order valence-corrected chi connectivity index (χ1v) is 9.08. The van der Waals surface area contributed by atoms with Crippen LogP contribution in [0, 0.1) is 0 Å². The van der Waals surface area contributed by atoms with Gasteiger partial charge in [-0.3, -0.25) is 4.79 Å². The van der Waals surface area contributed by atoms with Gasteiger partial charge in [0.25, 0.3) is 5.91 Å². The van der Waals surface area contributed by atoms with Crippen molar-refractivity contribution in [2.45, 2.75) is 37.4 Å². The molecule has 0 atom stereocenters. The van der Waals surface area contributed by atoms with Gasteiger partial charge in [0.2, 0.25) is 0 Å². The van der Waals surface area contributed by atoms with Crippen molar-refractivity contribution in [2.24, 2.45) is 0 Å². The lowest BCUT2D eigenvalue weighted by molar-refractivity contribution is 0.0956. The first-order valence-electron chi connectivity index (χ1n) is 8.03. The van der Waals surface area contributed by atoms with E-state index in [4.69, 9.17) is 4.74 Å². The molecule has 3 nitrogen and oxygen atoms in total. The maximum Gasteiger partial charge on any atom is 0.251 e. The van der Waals surface area contributed by atoms with Crippen molar-refractivity contribution in [3.8, 4) is 5.75 Å². The molecular weight excluding hydrogens is 294 g/mol. The summed E-state index contributed by atoms with van der Waals surface area (Å²) in [7, 11) is 0. The minimum atomic E-state index is -0.0143. The van der Waals surface area contributed by atoms with Gasteiger partial charge in [-0.1, -0.05) is 31.9 Å². The minimum absolute atomic E-state index is 0.0143. The molecule has 1 aromatic carbocycles. The second-order valence-electron chi connectivity index (χ2n) is 5.51. The minimum Gasteiger partial charge on any atom is -0.490 e. The molecule has 0 aliphatic heterocycles. The Bertz CT molecular complexity index is 466. The van der Waals surface area contributed by atoms with Crippen molar-refractivity contribution in [3.05, 3.63) is 42.5 Å². The second-order valence-corrected chi connectivity index (χ2v) is 6.92. The number of rotatable bonds is 8. The van der Waals surface area contributed by atoms with Crippen LogP contribution in [-0.4, -0.2) is 30.1 Å². The highest BCUT2D eigenvalue weighted by Gasteiger charge is 2.13. The molecule has 0 radical (unpaired) electrons. The van der Waals surface area contributed by atoms with Crippen LogP contribution < -0.4 is 10.1 Å². The Morgan fingerprint density at radius 1 is 1.27 bits per heavy atom. The lowest BCUT2D eigenvalue weighted by Gasteiger charge is -2.20. The topological polar surface area (TPSA) is 38.3 Å². The average molecular weight is 319 g/mol. The summed E-state index contributed by atoms with van der Waals surface area (Å²) in [6.07, 6.45) is 8.50. The highest BCUT2D eigenvalue weighted by Crippen LogP contribution is 2.27. The summed E-state index contributed by atoms with van der Waals surface area (Å²) in [5.74, 6) is 1.74. The summed E-state index contributed by atoms with van der Waals surface area (Å²) in [6.45, 7) is 4.81. The number of amides is 1. The monoisotopic (exact) mass is 319 g/mol. The van der Waals surface area contributed by atoms with E-state index in [1.54, 1.807) is 18.2 Å². The SMILES string of the molecule is C=CCOc1ccc(C(=O)NCCSC2CCCCC2)cc1. The molecule has 0 aromatic heterocycles. The fourth-order valence-corrected chi connectivity index (χ4v) is 3.80. The summed E-state index contributed by atoms with van der Waals surface area (Å²) in [5, 5.41) is 3.78. The van der Waals surface area contributed by atoms with Gasteiger partial charge < -0.3 is 10.1 Å². The van der Waals surface area contributed by atoms with E-state index in [9.17, 15) is 4.79 Å². The highest BCUT2D eigenvalue weighted by atomic mass is 32.2. The Morgan fingerprint density at radius 3 is 2.68 bits per heavy atom. The molecule has 22 heavy (non-hydrogen) atoms. The van der Waals surface area contributed by atoms with Gasteiger partial charge in [0.15, 0.2) is 0 Å². The summed E-state index contributed by atoms with van der Waals surface area (Å²) in [4.78, 5) is 12.0. The van der Waals surface area contributed by atoms with E-state index in [2.05, 4.69) is 11.9 Å². The molecule has 1 aliphatic carbocycles. The van der Waals surface area contributed by atoms with Crippen LogP contribution in [0.4, 0.5) is 0 Å². The maximum atomic E-state index is 12.0. The van der Waals surface area contributed by atoms with E-state index in [0.29, 0.717) is 12.2 Å². The molecule has 0 saturated heterocycles. The largest absolute Gasteiger partial charge is 0.490 e. The third kappa shape index (κ3) is 5.76. The van der Waals surface area contributed by atoms with Crippen LogP contribution in [0.1, 0.15) is 42.5 Å². The zero-order valence-corrected chi connectivity index (χ0v) is 13.9. The smallest absolute Gasteiger partial charge is 0.251 e. The van der Waals surface area contributed by atoms with Crippen molar-refractivity contribution in [2.75, 3.05) is 18.9 Å². The molecule has 0 bridgehead atoms. The van der Waals surface area contributed by atoms with Gasteiger partial charge in [-0.05, 0) is 37.1 Å². The van der Waals surface area contributed by atoms with E-state index in [1.807, 2.05) is 23.9 Å². The molecule has 1 N–H and O–H groups in total. The Balaban J connectivity index is 1.66. The Labute approximate surface area is 137 Å². The molecular formula is C18H25NO2S. The van der Waals surface area contributed by atoms with Gasteiger partial charge in [0.05, 0.1) is 0 Å².